The SMILES string of the molecule is C=CCN(CC=C)c1cc(C)nc(C)c1C(=O)O. The first-order chi connectivity index (χ1) is 8.51. The molecule has 96 valence electrons. The van der Waals surface area contributed by atoms with Gasteiger partial charge in [0.1, 0.15) is 5.56 Å². The summed E-state index contributed by atoms with van der Waals surface area (Å²) < 4.78 is 0. The Balaban J connectivity index is 3.38. The molecule has 0 amide bonds. The first kappa shape index (κ1) is 14.0. The van der Waals surface area contributed by atoms with E-state index in [0.717, 1.165) is 5.69 Å². The molecule has 4 heteroatoms. The Labute approximate surface area is 107 Å². The average molecular weight is 246 g/mol. The fraction of sp³-hybridized carbons (Fsp3) is 0.286. The fourth-order valence-corrected chi connectivity index (χ4v) is 1.90. The minimum absolute atomic E-state index is 0.240. The van der Waals surface area contributed by atoms with Crippen molar-refractivity contribution in [1.82, 2.24) is 4.98 Å². The van der Waals surface area contributed by atoms with Crippen molar-refractivity contribution in [1.29, 1.82) is 0 Å². The first-order valence-electron chi connectivity index (χ1n) is 5.69. The van der Waals surface area contributed by atoms with E-state index in [1.54, 1.807) is 25.1 Å². The van der Waals surface area contributed by atoms with Crippen LogP contribution in [0.1, 0.15) is 21.7 Å². The Hall–Kier alpha value is -2.10. The Morgan fingerprint density at radius 3 is 2.39 bits per heavy atom. The second kappa shape index (κ2) is 6.00. The molecule has 0 unspecified atom stereocenters. The van der Waals surface area contributed by atoms with Gasteiger partial charge in [-0.1, -0.05) is 12.2 Å². The summed E-state index contributed by atoms with van der Waals surface area (Å²) in [6.07, 6.45) is 3.47. The molecule has 0 aliphatic rings. The zero-order valence-electron chi connectivity index (χ0n) is 10.8. The standard InChI is InChI=1S/C14H18N2O2/c1-5-7-16(8-6-2)12-9-10(3)15-11(4)13(12)14(17)18/h5-6,9H,1-2,7-8H2,3-4H3,(H,17,18). The van der Waals surface area contributed by atoms with Crippen LogP contribution in [0.5, 0.6) is 0 Å². The summed E-state index contributed by atoms with van der Waals surface area (Å²) in [6.45, 7) is 12.1. The van der Waals surface area contributed by atoms with E-state index in [1.807, 2.05) is 11.8 Å². The second-order valence-electron chi connectivity index (χ2n) is 4.03. The summed E-state index contributed by atoms with van der Waals surface area (Å²) in [4.78, 5) is 17.5. The van der Waals surface area contributed by atoms with E-state index >= 15 is 0 Å². The second-order valence-corrected chi connectivity index (χ2v) is 4.03. The van der Waals surface area contributed by atoms with Crippen LogP contribution in [0.2, 0.25) is 0 Å². The van der Waals surface area contributed by atoms with Crippen LogP contribution in [0.3, 0.4) is 0 Å². The molecule has 0 radical (unpaired) electrons. The third-order valence-corrected chi connectivity index (χ3v) is 2.56. The van der Waals surface area contributed by atoms with Crippen LogP contribution in [0.4, 0.5) is 5.69 Å². The number of aryl methyl sites for hydroxylation is 2. The summed E-state index contributed by atoms with van der Waals surface area (Å²) in [5.74, 6) is -0.965. The van der Waals surface area contributed by atoms with Crippen LogP contribution in [-0.2, 0) is 0 Å². The van der Waals surface area contributed by atoms with Gasteiger partial charge in [0.2, 0.25) is 0 Å². The summed E-state index contributed by atoms with van der Waals surface area (Å²) in [7, 11) is 0. The molecule has 1 heterocycles. The maximum atomic E-state index is 11.3. The minimum Gasteiger partial charge on any atom is -0.478 e. The molecule has 0 spiro atoms. The van der Waals surface area contributed by atoms with Gasteiger partial charge in [0.15, 0.2) is 0 Å². The molecule has 1 rings (SSSR count). The molecule has 0 bridgehead atoms. The lowest BCUT2D eigenvalue weighted by Gasteiger charge is -2.24. The van der Waals surface area contributed by atoms with Gasteiger partial charge in [-0.25, -0.2) is 4.79 Å². The van der Waals surface area contributed by atoms with Crippen molar-refractivity contribution in [2.45, 2.75) is 13.8 Å². The lowest BCUT2D eigenvalue weighted by Crippen LogP contribution is -2.26. The molecule has 0 saturated heterocycles. The zero-order chi connectivity index (χ0) is 13.7. The van der Waals surface area contributed by atoms with E-state index in [0.29, 0.717) is 24.5 Å². The number of rotatable bonds is 6. The molecule has 0 fully saturated rings. The molecule has 1 N–H and O–H groups in total. The van der Waals surface area contributed by atoms with Gasteiger partial charge in [-0.15, -0.1) is 13.2 Å². The quantitative estimate of drug-likeness (QED) is 0.784. The molecule has 0 atom stereocenters. The fourth-order valence-electron chi connectivity index (χ4n) is 1.90. The number of carboxylic acid groups (broad SMARTS) is 1. The van der Waals surface area contributed by atoms with Crippen LogP contribution in [0.15, 0.2) is 31.4 Å². The third-order valence-electron chi connectivity index (χ3n) is 2.56. The Kier molecular flexibility index (Phi) is 4.66. The van der Waals surface area contributed by atoms with E-state index in [4.69, 9.17) is 0 Å². The number of aromatic carboxylic acids is 1. The topological polar surface area (TPSA) is 53.4 Å². The van der Waals surface area contributed by atoms with Gasteiger partial charge >= 0.3 is 5.97 Å². The lowest BCUT2D eigenvalue weighted by atomic mass is 10.1. The summed E-state index contributed by atoms with van der Waals surface area (Å²) in [6, 6.07) is 1.78. The van der Waals surface area contributed by atoms with Crippen LogP contribution in [-0.4, -0.2) is 29.1 Å². The Bertz CT molecular complexity index is 471. The van der Waals surface area contributed by atoms with Gasteiger partial charge in [0.25, 0.3) is 0 Å². The van der Waals surface area contributed by atoms with Gasteiger partial charge < -0.3 is 10.0 Å². The van der Waals surface area contributed by atoms with Crippen molar-refractivity contribution >= 4 is 11.7 Å². The van der Waals surface area contributed by atoms with Gasteiger partial charge in [0.05, 0.1) is 11.4 Å². The predicted octanol–water partition coefficient (Wildman–Crippen LogP) is 2.58. The number of anilines is 1. The van der Waals surface area contributed by atoms with Gasteiger partial charge in [0, 0.05) is 18.8 Å². The largest absolute Gasteiger partial charge is 0.478 e. The molecule has 1 aromatic rings. The smallest absolute Gasteiger partial charge is 0.339 e. The van der Waals surface area contributed by atoms with Crippen LogP contribution >= 0.6 is 0 Å². The van der Waals surface area contributed by atoms with Gasteiger partial charge in [-0.3, -0.25) is 4.98 Å². The van der Waals surface area contributed by atoms with Gasteiger partial charge in [-0.05, 0) is 19.9 Å². The van der Waals surface area contributed by atoms with Crippen molar-refractivity contribution in [3.05, 3.63) is 48.3 Å². The van der Waals surface area contributed by atoms with Crippen molar-refractivity contribution in [2.75, 3.05) is 18.0 Å². The predicted molar refractivity (Wildman–Crippen MR) is 73.3 cm³/mol. The van der Waals surface area contributed by atoms with Crippen LogP contribution < -0.4 is 4.90 Å². The van der Waals surface area contributed by atoms with Gasteiger partial charge in [-0.2, -0.15) is 0 Å². The summed E-state index contributed by atoms with van der Waals surface area (Å²) in [5.41, 5.74) is 2.22. The lowest BCUT2D eigenvalue weighted by molar-refractivity contribution is 0.0696. The molecule has 1 aromatic heterocycles. The molecule has 0 saturated carbocycles. The minimum atomic E-state index is -0.965. The summed E-state index contributed by atoms with van der Waals surface area (Å²) in [5, 5.41) is 9.30. The number of carboxylic acids is 1. The Morgan fingerprint density at radius 1 is 1.39 bits per heavy atom. The molecule has 0 aromatic carbocycles. The highest BCUT2D eigenvalue weighted by molar-refractivity contribution is 5.95. The molecular weight excluding hydrogens is 228 g/mol. The number of hydrogen-bond donors (Lipinski definition) is 1. The van der Waals surface area contributed by atoms with Crippen molar-refractivity contribution < 1.29 is 9.90 Å². The third kappa shape index (κ3) is 2.97. The number of carbonyl (C=O) groups is 1. The molecular formula is C14H18N2O2. The molecule has 0 aliphatic heterocycles. The maximum absolute atomic E-state index is 11.3. The molecule has 18 heavy (non-hydrogen) atoms. The van der Waals surface area contributed by atoms with Crippen LogP contribution in [0.25, 0.3) is 0 Å². The summed E-state index contributed by atoms with van der Waals surface area (Å²) >= 11 is 0. The van der Waals surface area contributed by atoms with E-state index in [2.05, 4.69) is 18.1 Å². The monoisotopic (exact) mass is 246 g/mol. The highest BCUT2D eigenvalue weighted by Gasteiger charge is 2.18. The van der Waals surface area contributed by atoms with Crippen LogP contribution in [0, 0.1) is 13.8 Å². The number of nitrogens with zero attached hydrogens (tertiary/aromatic N) is 2. The van der Waals surface area contributed by atoms with E-state index in [9.17, 15) is 9.90 Å². The van der Waals surface area contributed by atoms with E-state index < -0.39 is 5.97 Å². The number of aromatic nitrogens is 1. The highest BCUT2D eigenvalue weighted by Crippen LogP contribution is 2.24. The van der Waals surface area contributed by atoms with Crippen molar-refractivity contribution in [3.8, 4) is 0 Å². The highest BCUT2D eigenvalue weighted by atomic mass is 16.4. The van der Waals surface area contributed by atoms with Crippen molar-refractivity contribution in [2.24, 2.45) is 0 Å². The van der Waals surface area contributed by atoms with Crippen molar-refractivity contribution in [3.63, 3.8) is 0 Å². The van der Waals surface area contributed by atoms with E-state index in [1.165, 1.54) is 0 Å². The average Bonchev–Trinajstić information content (AvgIpc) is 2.26. The molecule has 0 aliphatic carbocycles. The Morgan fingerprint density at radius 2 is 1.94 bits per heavy atom. The number of hydrogen-bond acceptors (Lipinski definition) is 3. The normalized spacial score (nSPS) is 9.89. The zero-order valence-corrected chi connectivity index (χ0v) is 10.8. The first-order valence-corrected chi connectivity index (χ1v) is 5.69. The molecule has 4 nitrogen and oxygen atoms in total. The van der Waals surface area contributed by atoms with E-state index in [-0.39, 0.29) is 5.56 Å². The maximum Gasteiger partial charge on any atom is 0.339 e. The number of pyridine rings is 1.